The van der Waals surface area contributed by atoms with Crippen LogP contribution in [-0.4, -0.2) is 56.8 Å². The van der Waals surface area contributed by atoms with Crippen LogP contribution in [0.15, 0.2) is 53.6 Å². The molecule has 1 aliphatic rings. The van der Waals surface area contributed by atoms with E-state index in [1.165, 1.54) is 25.3 Å². The van der Waals surface area contributed by atoms with E-state index in [0.29, 0.717) is 49.8 Å². The van der Waals surface area contributed by atoms with Gasteiger partial charge in [0.1, 0.15) is 29.0 Å². The van der Waals surface area contributed by atoms with Gasteiger partial charge in [0.2, 0.25) is 0 Å². The highest BCUT2D eigenvalue weighted by Gasteiger charge is 2.21. The van der Waals surface area contributed by atoms with E-state index in [0.717, 1.165) is 12.8 Å². The number of carbonyl (C=O) groups is 2. The zero-order chi connectivity index (χ0) is 27.3. The molecule has 0 saturated carbocycles. The van der Waals surface area contributed by atoms with Crippen molar-refractivity contribution in [3.63, 3.8) is 0 Å². The quantitative estimate of drug-likeness (QED) is 0.152. The lowest BCUT2D eigenvalue weighted by atomic mass is 10.1. The van der Waals surface area contributed by atoms with Gasteiger partial charge in [-0.3, -0.25) is 4.79 Å². The molecule has 9 nitrogen and oxygen atoms in total. The van der Waals surface area contributed by atoms with Gasteiger partial charge in [-0.15, -0.1) is 0 Å². The van der Waals surface area contributed by atoms with Crippen molar-refractivity contribution in [3.05, 3.63) is 64.7 Å². The summed E-state index contributed by atoms with van der Waals surface area (Å²) in [6.45, 7) is 4.40. The molecule has 0 atom stereocenters. The first-order valence-corrected chi connectivity index (χ1v) is 12.2. The number of nitrogens with zero attached hydrogens (tertiary/aromatic N) is 3. The highest BCUT2D eigenvalue weighted by molar-refractivity contribution is 6.02. The van der Waals surface area contributed by atoms with E-state index in [9.17, 15) is 20.1 Å². The number of unbranched alkanes of at least 4 members (excludes halogenated alkanes) is 1. The van der Waals surface area contributed by atoms with Gasteiger partial charge in [0.05, 0.1) is 26.9 Å². The van der Waals surface area contributed by atoms with Gasteiger partial charge in [0, 0.05) is 13.1 Å². The second-order valence-corrected chi connectivity index (χ2v) is 8.32. The number of esters is 1. The normalized spacial score (nSPS) is 13.7. The molecule has 0 radical (unpaired) electrons. The fourth-order valence-electron chi connectivity index (χ4n) is 3.56. The third kappa shape index (κ3) is 7.70. The second-order valence-electron chi connectivity index (χ2n) is 8.32. The van der Waals surface area contributed by atoms with Gasteiger partial charge < -0.3 is 23.8 Å². The molecule has 1 fully saturated rings. The summed E-state index contributed by atoms with van der Waals surface area (Å²) >= 11 is 0. The number of morpholine rings is 1. The first-order chi connectivity index (χ1) is 18.5. The Bertz CT molecular complexity index is 1280. The predicted octanol–water partition coefficient (Wildman–Crippen LogP) is 4.15. The topological polar surface area (TPSA) is 122 Å². The highest BCUT2D eigenvalue weighted by atomic mass is 16.6. The number of hydrogen-bond donors (Lipinski definition) is 0. The molecule has 9 heteroatoms. The first-order valence-electron chi connectivity index (χ1n) is 12.2. The van der Waals surface area contributed by atoms with Crippen LogP contribution in [0.4, 0.5) is 0 Å². The molecule has 1 aliphatic heterocycles. The van der Waals surface area contributed by atoms with E-state index in [2.05, 4.69) is 6.92 Å². The van der Waals surface area contributed by atoms with Crippen LogP contribution in [0.1, 0.15) is 30.9 Å². The number of methoxy groups -OCH3 is 1. The summed E-state index contributed by atoms with van der Waals surface area (Å²) in [5.74, 6) is -0.225. The van der Waals surface area contributed by atoms with Gasteiger partial charge in [0.25, 0.3) is 5.91 Å². The van der Waals surface area contributed by atoms with Crippen LogP contribution >= 0.6 is 0 Å². The summed E-state index contributed by atoms with van der Waals surface area (Å²) in [4.78, 5) is 27.0. The molecular formula is C29H29N3O6. The molecule has 0 bridgehead atoms. The predicted molar refractivity (Wildman–Crippen MR) is 140 cm³/mol. The van der Waals surface area contributed by atoms with Crippen LogP contribution < -0.4 is 14.2 Å². The molecule has 196 valence electrons. The monoisotopic (exact) mass is 515 g/mol. The highest BCUT2D eigenvalue weighted by Crippen LogP contribution is 2.30. The van der Waals surface area contributed by atoms with Crippen LogP contribution in [0.25, 0.3) is 12.2 Å². The Balaban J connectivity index is 1.73. The maximum absolute atomic E-state index is 12.7. The lowest BCUT2D eigenvalue weighted by Crippen LogP contribution is -2.41. The summed E-state index contributed by atoms with van der Waals surface area (Å²) in [7, 11) is 1.40. The van der Waals surface area contributed by atoms with E-state index < -0.39 is 5.97 Å². The number of carbonyl (C=O) groups excluding carboxylic acids is 2. The van der Waals surface area contributed by atoms with Crippen molar-refractivity contribution < 1.29 is 28.5 Å². The van der Waals surface area contributed by atoms with Gasteiger partial charge in [-0.05, 0) is 54.0 Å². The Kier molecular flexibility index (Phi) is 10.5. The molecule has 0 aromatic heterocycles. The Hall–Kier alpha value is -4.60. The molecule has 3 rings (SSSR count). The molecule has 1 saturated heterocycles. The summed E-state index contributed by atoms with van der Waals surface area (Å²) in [5.41, 5.74) is 0.925. The van der Waals surface area contributed by atoms with E-state index in [1.807, 2.05) is 12.1 Å². The Labute approximate surface area is 222 Å². The van der Waals surface area contributed by atoms with Crippen LogP contribution in [0, 0.1) is 22.7 Å². The fourth-order valence-corrected chi connectivity index (χ4v) is 3.56. The number of benzene rings is 2. The zero-order valence-corrected chi connectivity index (χ0v) is 21.4. The fraction of sp³-hybridized carbons (Fsp3) is 0.310. The minimum absolute atomic E-state index is 0.0322. The number of rotatable bonds is 10. The van der Waals surface area contributed by atoms with E-state index in [1.54, 1.807) is 41.3 Å². The van der Waals surface area contributed by atoms with Crippen molar-refractivity contribution in [2.75, 3.05) is 40.0 Å². The number of amides is 1. The van der Waals surface area contributed by atoms with E-state index in [4.69, 9.17) is 18.9 Å². The van der Waals surface area contributed by atoms with E-state index >= 15 is 0 Å². The smallest absolute Gasteiger partial charge is 0.354 e. The van der Waals surface area contributed by atoms with Crippen molar-refractivity contribution in [1.29, 1.82) is 10.5 Å². The van der Waals surface area contributed by atoms with Crippen molar-refractivity contribution in [3.8, 4) is 29.4 Å². The van der Waals surface area contributed by atoms with Crippen molar-refractivity contribution in [2.24, 2.45) is 0 Å². The van der Waals surface area contributed by atoms with Gasteiger partial charge >= 0.3 is 5.97 Å². The third-order valence-electron chi connectivity index (χ3n) is 5.65. The molecule has 0 spiro atoms. The number of hydrogen-bond acceptors (Lipinski definition) is 8. The van der Waals surface area contributed by atoms with Crippen LogP contribution in [-0.2, 0) is 14.3 Å². The van der Waals surface area contributed by atoms with Gasteiger partial charge in [0.15, 0.2) is 11.5 Å². The Morgan fingerprint density at radius 1 is 0.974 bits per heavy atom. The van der Waals surface area contributed by atoms with Crippen molar-refractivity contribution in [1.82, 2.24) is 4.90 Å². The summed E-state index contributed by atoms with van der Waals surface area (Å²) < 4.78 is 21.7. The summed E-state index contributed by atoms with van der Waals surface area (Å²) in [6, 6.07) is 15.5. The largest absolute Gasteiger partial charge is 0.494 e. The SMILES string of the molecule is CCCCOc1ccc(/C=C(\C#N)C(=O)Oc2ccc(/C=C(\C#N)C(=O)N3CCOCC3)cc2OC)cc1. The molecule has 38 heavy (non-hydrogen) atoms. The average Bonchev–Trinajstić information content (AvgIpc) is 2.96. The third-order valence-corrected chi connectivity index (χ3v) is 5.65. The molecule has 2 aromatic carbocycles. The molecule has 1 heterocycles. The first kappa shape index (κ1) is 28.0. The summed E-state index contributed by atoms with van der Waals surface area (Å²) in [6.07, 6.45) is 4.87. The van der Waals surface area contributed by atoms with Gasteiger partial charge in [-0.1, -0.05) is 31.5 Å². The maximum atomic E-state index is 12.7. The van der Waals surface area contributed by atoms with Crippen LogP contribution in [0.5, 0.6) is 17.2 Å². The van der Waals surface area contributed by atoms with Crippen molar-refractivity contribution in [2.45, 2.75) is 19.8 Å². The van der Waals surface area contributed by atoms with Crippen molar-refractivity contribution >= 4 is 24.0 Å². The second kappa shape index (κ2) is 14.2. The molecular weight excluding hydrogens is 486 g/mol. The molecule has 2 aromatic rings. The Morgan fingerprint density at radius 3 is 2.26 bits per heavy atom. The Morgan fingerprint density at radius 2 is 1.63 bits per heavy atom. The molecule has 1 amide bonds. The molecule has 0 unspecified atom stereocenters. The summed E-state index contributed by atoms with van der Waals surface area (Å²) in [5, 5.41) is 19.1. The van der Waals surface area contributed by atoms with Crippen LogP contribution in [0.2, 0.25) is 0 Å². The number of nitriles is 2. The molecule has 0 N–H and O–H groups in total. The van der Waals surface area contributed by atoms with E-state index in [-0.39, 0.29) is 28.6 Å². The van der Waals surface area contributed by atoms with Gasteiger partial charge in [-0.2, -0.15) is 10.5 Å². The van der Waals surface area contributed by atoms with Gasteiger partial charge in [-0.25, -0.2) is 4.79 Å². The average molecular weight is 516 g/mol. The zero-order valence-electron chi connectivity index (χ0n) is 21.4. The lowest BCUT2D eigenvalue weighted by Gasteiger charge is -2.26. The number of ether oxygens (including phenoxy) is 4. The minimum Gasteiger partial charge on any atom is -0.494 e. The standard InChI is InChI=1S/C29H29N3O6/c1-3-4-13-37-25-8-5-21(6-9-25)16-24(20-31)29(34)38-26-10-7-22(18-27(26)35-2)17-23(19-30)28(33)32-11-14-36-15-12-32/h5-10,16-18H,3-4,11-15H2,1-2H3/b23-17+,24-16+. The molecule has 0 aliphatic carbocycles. The maximum Gasteiger partial charge on any atom is 0.354 e. The minimum atomic E-state index is -0.849. The lowest BCUT2D eigenvalue weighted by molar-refractivity contribution is -0.131. The van der Waals surface area contributed by atoms with Crippen LogP contribution in [0.3, 0.4) is 0 Å².